The fourth-order valence-electron chi connectivity index (χ4n) is 2.32. The average molecular weight is 348 g/mol. The molecular weight excluding hydrogens is 328 g/mol. The summed E-state index contributed by atoms with van der Waals surface area (Å²) in [5.41, 5.74) is 2.09. The molecule has 0 aliphatic heterocycles. The number of hydrogen-bond donors (Lipinski definition) is 2. The number of amides is 1. The average Bonchev–Trinajstić information content (AvgIpc) is 2.56. The second-order valence-electron chi connectivity index (χ2n) is 5.52. The summed E-state index contributed by atoms with van der Waals surface area (Å²) in [5, 5.41) is 3.52. The minimum atomic E-state index is -0.406. The lowest BCUT2D eigenvalue weighted by molar-refractivity contribution is -0.885. The van der Waals surface area contributed by atoms with Gasteiger partial charge in [0, 0.05) is 16.3 Å². The van der Waals surface area contributed by atoms with Gasteiger partial charge in [0.05, 0.1) is 19.7 Å². The van der Waals surface area contributed by atoms with Crippen molar-refractivity contribution in [2.75, 3.05) is 26.0 Å². The van der Waals surface area contributed by atoms with Crippen molar-refractivity contribution in [3.63, 3.8) is 0 Å². The number of anilines is 1. The Kier molecular flexibility index (Phi) is 6.35. The Morgan fingerprint density at radius 2 is 1.79 bits per heavy atom. The molecule has 1 unspecified atom stereocenters. The summed E-state index contributed by atoms with van der Waals surface area (Å²) in [5.74, 6) is -0.512. The highest BCUT2D eigenvalue weighted by atomic mass is 35.5. The molecule has 2 aromatic rings. The molecule has 0 spiro atoms. The molecule has 2 rings (SSSR count). The van der Waals surface area contributed by atoms with Gasteiger partial charge in [-0.15, -0.1) is 0 Å². The highest BCUT2D eigenvalue weighted by Gasteiger charge is 2.13. The molecule has 2 aromatic carbocycles. The maximum Gasteiger partial charge on any atom is 0.337 e. The zero-order valence-electron chi connectivity index (χ0n) is 13.6. The lowest BCUT2D eigenvalue weighted by Gasteiger charge is -2.14. The SMILES string of the molecule is COC(=O)c1ccc(NC(=O)C[NH+](C)Cc2ccccc2Cl)cc1. The Balaban J connectivity index is 1.88. The minimum Gasteiger partial charge on any atom is -0.465 e. The number of methoxy groups -OCH3 is 1. The number of carbonyl (C=O) groups is 2. The van der Waals surface area contributed by atoms with Gasteiger partial charge in [0.2, 0.25) is 0 Å². The Morgan fingerprint density at radius 3 is 2.42 bits per heavy atom. The molecule has 0 radical (unpaired) electrons. The van der Waals surface area contributed by atoms with Crippen LogP contribution < -0.4 is 10.2 Å². The van der Waals surface area contributed by atoms with Gasteiger partial charge in [-0.1, -0.05) is 29.8 Å². The maximum atomic E-state index is 12.1. The predicted octanol–water partition coefficient (Wildman–Crippen LogP) is 1.78. The van der Waals surface area contributed by atoms with Crippen molar-refractivity contribution in [1.82, 2.24) is 0 Å². The molecule has 0 saturated heterocycles. The molecule has 6 heteroatoms. The first kappa shape index (κ1) is 18.0. The third-order valence-electron chi connectivity index (χ3n) is 3.50. The monoisotopic (exact) mass is 347 g/mol. The molecule has 0 aliphatic rings. The molecule has 24 heavy (non-hydrogen) atoms. The van der Waals surface area contributed by atoms with E-state index in [2.05, 4.69) is 10.1 Å². The fraction of sp³-hybridized carbons (Fsp3) is 0.222. The molecule has 0 bridgehead atoms. The number of halogens is 1. The van der Waals surface area contributed by atoms with E-state index >= 15 is 0 Å². The standard InChI is InChI=1S/C18H19ClN2O3/c1-21(11-14-5-3-4-6-16(14)19)12-17(22)20-15-9-7-13(8-10-15)18(23)24-2/h3-10H,11-12H2,1-2H3,(H,20,22)/p+1. The molecule has 1 atom stereocenters. The van der Waals surface area contributed by atoms with Crippen LogP contribution >= 0.6 is 11.6 Å². The van der Waals surface area contributed by atoms with Crippen molar-refractivity contribution in [3.8, 4) is 0 Å². The number of benzene rings is 2. The summed E-state index contributed by atoms with van der Waals surface area (Å²) < 4.78 is 4.64. The second-order valence-corrected chi connectivity index (χ2v) is 5.93. The highest BCUT2D eigenvalue weighted by molar-refractivity contribution is 6.31. The number of carbonyl (C=O) groups excluding carboxylic acids is 2. The van der Waals surface area contributed by atoms with Crippen LogP contribution in [0.4, 0.5) is 5.69 Å². The summed E-state index contributed by atoms with van der Waals surface area (Å²) in [7, 11) is 3.26. The minimum absolute atomic E-state index is 0.106. The van der Waals surface area contributed by atoms with E-state index in [1.54, 1.807) is 24.3 Å². The number of esters is 1. The number of quaternary nitrogens is 1. The smallest absolute Gasteiger partial charge is 0.337 e. The second kappa shape index (κ2) is 8.47. The van der Waals surface area contributed by atoms with Gasteiger partial charge in [0.15, 0.2) is 6.54 Å². The van der Waals surface area contributed by atoms with E-state index in [1.165, 1.54) is 7.11 Å². The number of likely N-dealkylation sites (N-methyl/N-ethyl adjacent to an activating group) is 1. The lowest BCUT2D eigenvalue weighted by atomic mass is 10.2. The van der Waals surface area contributed by atoms with Crippen molar-refractivity contribution < 1.29 is 19.2 Å². The van der Waals surface area contributed by atoms with Crippen LogP contribution in [0.15, 0.2) is 48.5 Å². The zero-order chi connectivity index (χ0) is 17.5. The van der Waals surface area contributed by atoms with Gasteiger partial charge < -0.3 is 15.0 Å². The van der Waals surface area contributed by atoms with E-state index in [1.807, 2.05) is 31.3 Å². The quantitative estimate of drug-likeness (QED) is 0.783. The van der Waals surface area contributed by atoms with Gasteiger partial charge in [0.25, 0.3) is 5.91 Å². The van der Waals surface area contributed by atoms with Crippen molar-refractivity contribution >= 4 is 29.2 Å². The van der Waals surface area contributed by atoms with Crippen LogP contribution in [0.3, 0.4) is 0 Å². The van der Waals surface area contributed by atoms with Gasteiger partial charge >= 0.3 is 5.97 Å². The van der Waals surface area contributed by atoms with E-state index in [9.17, 15) is 9.59 Å². The molecule has 0 aliphatic carbocycles. The van der Waals surface area contributed by atoms with Crippen molar-refractivity contribution in [1.29, 1.82) is 0 Å². The van der Waals surface area contributed by atoms with Gasteiger partial charge in [-0.25, -0.2) is 4.79 Å². The van der Waals surface area contributed by atoms with Gasteiger partial charge in [-0.3, -0.25) is 4.79 Å². The largest absolute Gasteiger partial charge is 0.465 e. The van der Waals surface area contributed by atoms with E-state index in [4.69, 9.17) is 11.6 Å². The molecule has 0 fully saturated rings. The van der Waals surface area contributed by atoms with E-state index in [0.29, 0.717) is 29.4 Å². The number of rotatable bonds is 6. The van der Waals surface area contributed by atoms with Crippen LogP contribution in [0, 0.1) is 0 Å². The molecular formula is C18H20ClN2O3+. The Hall–Kier alpha value is -2.37. The summed E-state index contributed by atoms with van der Waals surface area (Å²) in [6.45, 7) is 0.971. The van der Waals surface area contributed by atoms with Crippen LogP contribution in [0.2, 0.25) is 5.02 Å². The number of hydrogen-bond acceptors (Lipinski definition) is 3. The first-order valence-corrected chi connectivity index (χ1v) is 7.90. The van der Waals surface area contributed by atoms with Gasteiger partial charge in [-0.05, 0) is 30.3 Å². The molecule has 5 nitrogen and oxygen atoms in total. The summed E-state index contributed by atoms with van der Waals surface area (Å²) >= 11 is 6.14. The van der Waals surface area contributed by atoms with Crippen LogP contribution in [-0.2, 0) is 16.1 Å². The Morgan fingerprint density at radius 1 is 1.12 bits per heavy atom. The summed E-state index contributed by atoms with van der Waals surface area (Å²) in [4.78, 5) is 24.5. The van der Waals surface area contributed by atoms with E-state index in [-0.39, 0.29) is 5.91 Å². The topological polar surface area (TPSA) is 59.8 Å². The van der Waals surface area contributed by atoms with Crippen LogP contribution in [0.1, 0.15) is 15.9 Å². The van der Waals surface area contributed by atoms with Crippen molar-refractivity contribution in [3.05, 3.63) is 64.7 Å². The predicted molar refractivity (Wildman–Crippen MR) is 93.3 cm³/mol. The van der Waals surface area contributed by atoms with Crippen LogP contribution in [0.25, 0.3) is 0 Å². The normalized spacial score (nSPS) is 11.6. The van der Waals surface area contributed by atoms with Crippen molar-refractivity contribution in [2.45, 2.75) is 6.54 Å². The highest BCUT2D eigenvalue weighted by Crippen LogP contribution is 2.13. The third-order valence-corrected chi connectivity index (χ3v) is 3.87. The molecule has 126 valence electrons. The van der Waals surface area contributed by atoms with E-state index < -0.39 is 5.97 Å². The Labute approximate surface area is 146 Å². The van der Waals surface area contributed by atoms with Gasteiger partial charge in [0.1, 0.15) is 6.54 Å². The fourth-order valence-corrected chi connectivity index (χ4v) is 2.52. The van der Waals surface area contributed by atoms with Crippen LogP contribution in [-0.4, -0.2) is 32.6 Å². The number of nitrogens with one attached hydrogen (secondary N) is 2. The first-order valence-electron chi connectivity index (χ1n) is 7.52. The molecule has 0 saturated carbocycles. The van der Waals surface area contributed by atoms with Crippen molar-refractivity contribution in [2.24, 2.45) is 0 Å². The number of ether oxygens (including phenoxy) is 1. The zero-order valence-corrected chi connectivity index (χ0v) is 14.4. The lowest BCUT2D eigenvalue weighted by Crippen LogP contribution is -3.08. The first-order chi connectivity index (χ1) is 11.5. The Bertz CT molecular complexity index is 716. The third kappa shape index (κ3) is 5.08. The molecule has 0 aromatic heterocycles. The summed E-state index contributed by atoms with van der Waals surface area (Å²) in [6, 6.07) is 14.2. The molecule has 1 amide bonds. The molecule has 0 heterocycles. The van der Waals surface area contributed by atoms with E-state index in [0.717, 1.165) is 10.5 Å². The van der Waals surface area contributed by atoms with Gasteiger partial charge in [-0.2, -0.15) is 0 Å². The summed E-state index contributed by atoms with van der Waals surface area (Å²) in [6.07, 6.45) is 0. The molecule has 2 N–H and O–H groups in total. The maximum absolute atomic E-state index is 12.1. The van der Waals surface area contributed by atoms with Crippen LogP contribution in [0.5, 0.6) is 0 Å².